The zero-order valence-corrected chi connectivity index (χ0v) is 20.6. The zero-order valence-electron chi connectivity index (χ0n) is 19.0. The SMILES string of the molecule is CCOC(=O)CCN1C(=O)/C(=C\c2ccc(OCc3cccc(C)c3)c(OCC)c2)SC1=S. The van der Waals surface area contributed by atoms with Crippen LogP contribution < -0.4 is 9.47 Å². The van der Waals surface area contributed by atoms with Crippen LogP contribution in [0.25, 0.3) is 6.08 Å². The molecule has 0 bridgehead atoms. The summed E-state index contributed by atoms with van der Waals surface area (Å²) in [5, 5.41) is 0. The number of aryl methyl sites for hydroxylation is 1. The van der Waals surface area contributed by atoms with E-state index in [0.717, 1.165) is 11.1 Å². The summed E-state index contributed by atoms with van der Waals surface area (Å²) >= 11 is 6.55. The van der Waals surface area contributed by atoms with Gasteiger partial charge in [0, 0.05) is 6.54 Å². The Balaban J connectivity index is 1.72. The Hall–Kier alpha value is -2.84. The summed E-state index contributed by atoms with van der Waals surface area (Å²) < 4.78 is 17.1. The molecule has 8 heteroatoms. The average molecular weight is 486 g/mol. The summed E-state index contributed by atoms with van der Waals surface area (Å²) in [6.07, 6.45) is 1.88. The molecule has 0 aliphatic carbocycles. The first-order valence-corrected chi connectivity index (χ1v) is 12.0. The molecule has 0 radical (unpaired) electrons. The molecule has 0 N–H and O–H groups in total. The highest BCUT2D eigenvalue weighted by molar-refractivity contribution is 8.26. The van der Waals surface area contributed by atoms with E-state index in [4.69, 9.17) is 26.4 Å². The minimum absolute atomic E-state index is 0.106. The van der Waals surface area contributed by atoms with E-state index in [-0.39, 0.29) is 24.8 Å². The average Bonchev–Trinajstić information content (AvgIpc) is 3.04. The first kappa shape index (κ1) is 24.8. The van der Waals surface area contributed by atoms with Crippen molar-refractivity contribution in [3.05, 3.63) is 64.1 Å². The molecule has 0 saturated carbocycles. The molecule has 0 aromatic heterocycles. The van der Waals surface area contributed by atoms with E-state index < -0.39 is 0 Å². The van der Waals surface area contributed by atoms with Crippen molar-refractivity contribution in [1.82, 2.24) is 4.90 Å². The molecule has 33 heavy (non-hydrogen) atoms. The van der Waals surface area contributed by atoms with Gasteiger partial charge in [0.15, 0.2) is 11.5 Å². The molecule has 1 aliphatic rings. The van der Waals surface area contributed by atoms with Crippen LogP contribution in [0.15, 0.2) is 47.4 Å². The number of ether oxygens (including phenoxy) is 3. The summed E-state index contributed by atoms with van der Waals surface area (Å²) in [6, 6.07) is 13.7. The second-order valence-electron chi connectivity index (χ2n) is 7.31. The Morgan fingerprint density at radius 2 is 1.91 bits per heavy atom. The van der Waals surface area contributed by atoms with Gasteiger partial charge in [-0.3, -0.25) is 14.5 Å². The number of thioether (sulfide) groups is 1. The number of carbonyl (C=O) groups excluding carboxylic acids is 2. The molecule has 2 aromatic carbocycles. The van der Waals surface area contributed by atoms with E-state index >= 15 is 0 Å². The Bertz CT molecular complexity index is 1070. The number of rotatable bonds is 10. The quantitative estimate of drug-likeness (QED) is 0.263. The molecule has 1 fully saturated rings. The molecule has 2 aromatic rings. The maximum absolute atomic E-state index is 12.8. The third-order valence-corrected chi connectivity index (χ3v) is 6.14. The number of carbonyl (C=O) groups is 2. The third-order valence-electron chi connectivity index (χ3n) is 4.76. The molecule has 0 atom stereocenters. The number of benzene rings is 2. The van der Waals surface area contributed by atoms with Gasteiger partial charge in [-0.2, -0.15) is 0 Å². The van der Waals surface area contributed by atoms with Gasteiger partial charge >= 0.3 is 5.97 Å². The number of amides is 1. The number of hydrogen-bond acceptors (Lipinski definition) is 7. The molecule has 1 heterocycles. The van der Waals surface area contributed by atoms with Crippen LogP contribution in [0.4, 0.5) is 0 Å². The second kappa shape index (κ2) is 11.9. The molecular weight excluding hydrogens is 458 g/mol. The molecule has 1 aliphatic heterocycles. The van der Waals surface area contributed by atoms with Crippen molar-refractivity contribution < 1.29 is 23.8 Å². The van der Waals surface area contributed by atoms with E-state index in [0.29, 0.717) is 40.5 Å². The Morgan fingerprint density at radius 3 is 2.64 bits per heavy atom. The van der Waals surface area contributed by atoms with Gasteiger partial charge in [0.1, 0.15) is 10.9 Å². The molecule has 0 spiro atoms. The van der Waals surface area contributed by atoms with Crippen molar-refractivity contribution in [2.45, 2.75) is 33.8 Å². The van der Waals surface area contributed by atoms with Gasteiger partial charge in [0.05, 0.1) is 24.5 Å². The third kappa shape index (κ3) is 6.82. The van der Waals surface area contributed by atoms with Crippen LogP contribution in [0.1, 0.15) is 37.0 Å². The molecular formula is C25H27NO5S2. The number of esters is 1. The summed E-state index contributed by atoms with van der Waals surface area (Å²) in [4.78, 5) is 26.4. The lowest BCUT2D eigenvalue weighted by Crippen LogP contribution is -2.30. The lowest BCUT2D eigenvalue weighted by Gasteiger charge is -2.14. The van der Waals surface area contributed by atoms with E-state index in [1.807, 2.05) is 50.2 Å². The van der Waals surface area contributed by atoms with Crippen molar-refractivity contribution in [2.75, 3.05) is 19.8 Å². The largest absolute Gasteiger partial charge is 0.490 e. The lowest BCUT2D eigenvalue weighted by atomic mass is 10.1. The summed E-state index contributed by atoms with van der Waals surface area (Å²) in [7, 11) is 0. The van der Waals surface area contributed by atoms with Crippen LogP contribution in [0, 0.1) is 6.92 Å². The van der Waals surface area contributed by atoms with Gasteiger partial charge in [0.2, 0.25) is 0 Å². The highest BCUT2D eigenvalue weighted by Crippen LogP contribution is 2.35. The molecule has 0 unspecified atom stereocenters. The minimum atomic E-state index is -0.349. The van der Waals surface area contributed by atoms with Gasteiger partial charge in [-0.1, -0.05) is 59.9 Å². The normalized spacial score (nSPS) is 14.6. The second-order valence-corrected chi connectivity index (χ2v) is 8.98. The Morgan fingerprint density at radius 1 is 1.09 bits per heavy atom. The van der Waals surface area contributed by atoms with Crippen LogP contribution in [-0.2, 0) is 20.9 Å². The minimum Gasteiger partial charge on any atom is -0.490 e. The fourth-order valence-electron chi connectivity index (χ4n) is 3.25. The molecule has 3 rings (SSSR count). The standard InChI is InChI=1S/C25H27NO5S2/c1-4-29-21-14-18(9-10-20(21)31-16-19-8-6-7-17(3)13-19)15-22-24(28)26(25(32)33-22)12-11-23(27)30-5-2/h6-10,13-15H,4-5,11-12,16H2,1-3H3/b22-15+. The lowest BCUT2D eigenvalue weighted by molar-refractivity contribution is -0.143. The van der Waals surface area contributed by atoms with Crippen LogP contribution in [0.2, 0.25) is 0 Å². The Kier molecular flexibility index (Phi) is 8.91. The maximum Gasteiger partial charge on any atom is 0.307 e. The highest BCUT2D eigenvalue weighted by atomic mass is 32.2. The van der Waals surface area contributed by atoms with E-state index in [9.17, 15) is 9.59 Å². The molecule has 1 saturated heterocycles. The fourth-order valence-corrected chi connectivity index (χ4v) is 4.55. The predicted molar refractivity (Wildman–Crippen MR) is 134 cm³/mol. The first-order chi connectivity index (χ1) is 15.9. The highest BCUT2D eigenvalue weighted by Gasteiger charge is 2.32. The fraction of sp³-hybridized carbons (Fsp3) is 0.320. The number of nitrogens with zero attached hydrogens (tertiary/aromatic N) is 1. The zero-order chi connectivity index (χ0) is 23.8. The van der Waals surface area contributed by atoms with Crippen LogP contribution in [0.3, 0.4) is 0 Å². The van der Waals surface area contributed by atoms with Gasteiger partial charge in [-0.25, -0.2) is 0 Å². The van der Waals surface area contributed by atoms with Crippen molar-refractivity contribution in [1.29, 1.82) is 0 Å². The summed E-state index contributed by atoms with van der Waals surface area (Å²) in [6.45, 7) is 7.13. The van der Waals surface area contributed by atoms with Crippen molar-refractivity contribution in [3.63, 3.8) is 0 Å². The summed E-state index contributed by atoms with van der Waals surface area (Å²) in [5.74, 6) is 0.680. The van der Waals surface area contributed by atoms with Crippen molar-refractivity contribution in [2.24, 2.45) is 0 Å². The molecule has 1 amide bonds. The summed E-state index contributed by atoms with van der Waals surface area (Å²) in [5.41, 5.74) is 3.05. The predicted octanol–water partition coefficient (Wildman–Crippen LogP) is 5.13. The first-order valence-electron chi connectivity index (χ1n) is 10.8. The smallest absolute Gasteiger partial charge is 0.307 e. The molecule has 6 nitrogen and oxygen atoms in total. The van der Waals surface area contributed by atoms with Gasteiger partial charge in [0.25, 0.3) is 5.91 Å². The maximum atomic E-state index is 12.8. The van der Waals surface area contributed by atoms with Crippen LogP contribution in [0.5, 0.6) is 11.5 Å². The van der Waals surface area contributed by atoms with Crippen LogP contribution in [-0.4, -0.2) is 40.9 Å². The number of hydrogen-bond donors (Lipinski definition) is 0. The van der Waals surface area contributed by atoms with Crippen LogP contribution >= 0.6 is 24.0 Å². The Labute approximate surface area is 203 Å². The number of thiocarbonyl (C=S) groups is 1. The topological polar surface area (TPSA) is 65.1 Å². The van der Waals surface area contributed by atoms with E-state index in [1.165, 1.54) is 22.2 Å². The van der Waals surface area contributed by atoms with Gasteiger partial charge in [-0.05, 0) is 50.1 Å². The van der Waals surface area contributed by atoms with Crippen molar-refractivity contribution >= 4 is 46.3 Å². The van der Waals surface area contributed by atoms with E-state index in [2.05, 4.69) is 6.07 Å². The van der Waals surface area contributed by atoms with E-state index in [1.54, 1.807) is 13.0 Å². The van der Waals surface area contributed by atoms with Gasteiger partial charge in [-0.15, -0.1) is 0 Å². The van der Waals surface area contributed by atoms with Gasteiger partial charge < -0.3 is 14.2 Å². The van der Waals surface area contributed by atoms with Crippen molar-refractivity contribution in [3.8, 4) is 11.5 Å². The molecule has 174 valence electrons. The monoisotopic (exact) mass is 485 g/mol.